The Labute approximate surface area is 164 Å². The van der Waals surface area contributed by atoms with Crippen LogP contribution < -0.4 is 20.1 Å². The number of ether oxygens (including phenoxy) is 2. The third kappa shape index (κ3) is 3.74. The van der Waals surface area contributed by atoms with Crippen molar-refractivity contribution in [2.75, 3.05) is 23.8 Å². The molecule has 2 aliphatic rings. The minimum Gasteiger partial charge on any atom is -0.486 e. The van der Waals surface area contributed by atoms with E-state index in [1.165, 1.54) is 23.9 Å². The van der Waals surface area contributed by atoms with Crippen molar-refractivity contribution in [2.45, 2.75) is 16.6 Å². The van der Waals surface area contributed by atoms with E-state index in [0.717, 1.165) is 0 Å². The van der Waals surface area contributed by atoms with Gasteiger partial charge in [-0.15, -0.1) is 11.8 Å². The molecule has 1 unspecified atom stereocenters. The smallest absolute Gasteiger partial charge is 0.335 e. The fourth-order valence-corrected chi connectivity index (χ4v) is 4.06. The van der Waals surface area contributed by atoms with Gasteiger partial charge in [0.2, 0.25) is 11.8 Å². The van der Waals surface area contributed by atoms with Crippen molar-refractivity contribution in [2.24, 2.45) is 0 Å². The topological polar surface area (TPSA) is 114 Å². The second-order valence-electron chi connectivity index (χ2n) is 6.22. The lowest BCUT2D eigenvalue weighted by atomic mass is 10.2. The fraction of sp³-hybridized carbons (Fsp3) is 0.211. The van der Waals surface area contributed by atoms with E-state index >= 15 is 0 Å². The van der Waals surface area contributed by atoms with Crippen LogP contribution in [0.15, 0.2) is 41.3 Å². The van der Waals surface area contributed by atoms with E-state index in [9.17, 15) is 14.4 Å². The van der Waals surface area contributed by atoms with Crippen LogP contribution in [0, 0.1) is 0 Å². The summed E-state index contributed by atoms with van der Waals surface area (Å²) in [6, 6.07) is 9.57. The van der Waals surface area contributed by atoms with E-state index in [-0.39, 0.29) is 23.8 Å². The molecular weight excluding hydrogens is 384 g/mol. The molecule has 28 heavy (non-hydrogen) atoms. The van der Waals surface area contributed by atoms with E-state index in [1.807, 2.05) is 0 Å². The summed E-state index contributed by atoms with van der Waals surface area (Å²) in [5.74, 6) is -0.491. The molecule has 0 spiro atoms. The summed E-state index contributed by atoms with van der Waals surface area (Å²) in [6.07, 6.45) is -0.0539. The molecule has 9 heteroatoms. The number of amides is 2. The van der Waals surface area contributed by atoms with Gasteiger partial charge in [0.05, 0.1) is 16.5 Å². The second-order valence-corrected chi connectivity index (χ2v) is 7.47. The number of carbonyl (C=O) groups is 3. The Morgan fingerprint density at radius 2 is 1.93 bits per heavy atom. The normalized spacial score (nSPS) is 17.3. The van der Waals surface area contributed by atoms with Gasteiger partial charge in [-0.1, -0.05) is 0 Å². The number of hydrogen-bond acceptors (Lipinski definition) is 6. The van der Waals surface area contributed by atoms with Crippen molar-refractivity contribution in [1.82, 2.24) is 0 Å². The van der Waals surface area contributed by atoms with Crippen LogP contribution in [-0.2, 0) is 9.59 Å². The molecule has 1 atom stereocenters. The molecule has 2 amide bonds. The van der Waals surface area contributed by atoms with Crippen molar-refractivity contribution < 1.29 is 29.0 Å². The first-order valence-corrected chi connectivity index (χ1v) is 9.42. The maximum atomic E-state index is 12.4. The average molecular weight is 400 g/mol. The van der Waals surface area contributed by atoms with E-state index in [1.54, 1.807) is 24.3 Å². The summed E-state index contributed by atoms with van der Waals surface area (Å²) in [5, 5.41) is 13.9. The molecule has 8 nitrogen and oxygen atoms in total. The van der Waals surface area contributed by atoms with E-state index in [0.29, 0.717) is 41.0 Å². The van der Waals surface area contributed by atoms with Crippen LogP contribution >= 0.6 is 11.8 Å². The molecule has 0 bridgehead atoms. The van der Waals surface area contributed by atoms with Crippen LogP contribution in [-0.4, -0.2) is 41.4 Å². The van der Waals surface area contributed by atoms with Crippen molar-refractivity contribution in [3.8, 4) is 11.5 Å². The maximum absolute atomic E-state index is 12.4. The van der Waals surface area contributed by atoms with Gasteiger partial charge in [0.25, 0.3) is 0 Å². The van der Waals surface area contributed by atoms with Crippen LogP contribution in [0.2, 0.25) is 0 Å². The third-order valence-electron chi connectivity index (χ3n) is 4.24. The van der Waals surface area contributed by atoms with Crippen molar-refractivity contribution in [3.05, 3.63) is 42.0 Å². The zero-order valence-electron chi connectivity index (χ0n) is 14.6. The van der Waals surface area contributed by atoms with Gasteiger partial charge in [-0.05, 0) is 30.3 Å². The minimum atomic E-state index is -1.05. The molecular formula is C19H16N2O6S. The number of rotatable bonds is 4. The highest BCUT2D eigenvalue weighted by Gasteiger charge is 2.29. The zero-order valence-corrected chi connectivity index (χ0v) is 15.4. The van der Waals surface area contributed by atoms with Crippen molar-refractivity contribution >= 4 is 40.9 Å². The molecule has 2 aromatic carbocycles. The molecule has 2 aliphatic heterocycles. The molecule has 4 rings (SSSR count). The monoisotopic (exact) mass is 400 g/mol. The Morgan fingerprint density at radius 3 is 2.71 bits per heavy atom. The number of carboxylic acids is 1. The number of aromatic carboxylic acids is 1. The first-order valence-electron chi connectivity index (χ1n) is 8.54. The fourth-order valence-electron chi connectivity index (χ4n) is 2.91. The molecule has 3 N–H and O–H groups in total. The zero-order chi connectivity index (χ0) is 19.7. The van der Waals surface area contributed by atoms with Gasteiger partial charge in [0.15, 0.2) is 11.5 Å². The van der Waals surface area contributed by atoms with E-state index in [2.05, 4.69) is 10.6 Å². The lowest BCUT2D eigenvalue weighted by Gasteiger charge is -2.24. The quantitative estimate of drug-likeness (QED) is 0.723. The van der Waals surface area contributed by atoms with E-state index in [4.69, 9.17) is 14.6 Å². The molecule has 0 saturated heterocycles. The summed E-state index contributed by atoms with van der Waals surface area (Å²) in [4.78, 5) is 36.5. The minimum absolute atomic E-state index is 0.0539. The van der Waals surface area contributed by atoms with Gasteiger partial charge >= 0.3 is 5.97 Å². The summed E-state index contributed by atoms with van der Waals surface area (Å²) in [6.45, 7) is 0.929. The Bertz CT molecular complexity index is 977. The Kier molecular flexibility index (Phi) is 4.82. The first-order chi connectivity index (χ1) is 13.5. The van der Waals surface area contributed by atoms with Crippen LogP contribution in [0.25, 0.3) is 0 Å². The molecule has 0 aliphatic carbocycles. The number of nitrogens with one attached hydrogen (secondary N) is 2. The number of thioether (sulfide) groups is 1. The number of fused-ring (bicyclic) bond motifs is 2. The van der Waals surface area contributed by atoms with Gasteiger partial charge in [0.1, 0.15) is 13.2 Å². The molecule has 0 fully saturated rings. The van der Waals surface area contributed by atoms with Crippen LogP contribution in [0.5, 0.6) is 11.5 Å². The molecule has 0 radical (unpaired) electrons. The predicted octanol–water partition coefficient (Wildman–Crippen LogP) is 2.60. The second kappa shape index (κ2) is 7.43. The number of carbonyl (C=O) groups excluding carboxylic acids is 2. The number of anilines is 2. The lowest BCUT2D eigenvalue weighted by Crippen LogP contribution is -2.32. The summed E-state index contributed by atoms with van der Waals surface area (Å²) in [7, 11) is 0. The molecule has 0 aromatic heterocycles. The largest absolute Gasteiger partial charge is 0.486 e. The Hall–Kier alpha value is -3.20. The average Bonchev–Trinajstić information content (AvgIpc) is 2.68. The van der Waals surface area contributed by atoms with E-state index < -0.39 is 11.2 Å². The van der Waals surface area contributed by atoms with Crippen molar-refractivity contribution in [1.29, 1.82) is 0 Å². The Morgan fingerprint density at radius 1 is 1.14 bits per heavy atom. The van der Waals surface area contributed by atoms with Crippen LogP contribution in [0.1, 0.15) is 16.8 Å². The van der Waals surface area contributed by atoms with Crippen molar-refractivity contribution in [3.63, 3.8) is 0 Å². The van der Waals surface area contributed by atoms with Gasteiger partial charge in [-0.25, -0.2) is 4.79 Å². The molecule has 144 valence electrons. The van der Waals surface area contributed by atoms with Gasteiger partial charge < -0.3 is 25.2 Å². The standard InChI is InChI=1S/C19H16N2O6S/c22-17(20-11-2-4-13-14(8-11)27-6-5-26-13)9-16-18(23)21-12-3-1-10(19(24)25)7-15(12)28-16/h1-4,7-8,16H,5-6,9H2,(H,20,22)(H,21,23)(H,24,25). The summed E-state index contributed by atoms with van der Waals surface area (Å²) >= 11 is 1.18. The maximum Gasteiger partial charge on any atom is 0.335 e. The lowest BCUT2D eigenvalue weighted by molar-refractivity contribution is -0.120. The first kappa shape index (κ1) is 18.2. The number of carboxylic acid groups (broad SMARTS) is 1. The Balaban J connectivity index is 1.44. The van der Waals surface area contributed by atoms with Gasteiger partial charge in [-0.2, -0.15) is 0 Å². The van der Waals surface area contributed by atoms with Crippen LogP contribution in [0.3, 0.4) is 0 Å². The highest BCUT2D eigenvalue weighted by molar-refractivity contribution is 8.01. The van der Waals surface area contributed by atoms with Gasteiger partial charge in [-0.3, -0.25) is 9.59 Å². The highest BCUT2D eigenvalue weighted by atomic mass is 32.2. The van der Waals surface area contributed by atoms with Gasteiger partial charge in [0, 0.05) is 23.1 Å². The summed E-state index contributed by atoms with van der Waals surface area (Å²) < 4.78 is 10.9. The number of benzene rings is 2. The third-order valence-corrected chi connectivity index (χ3v) is 5.50. The highest BCUT2D eigenvalue weighted by Crippen LogP contribution is 2.38. The molecule has 2 aromatic rings. The molecule has 0 saturated carbocycles. The SMILES string of the molecule is O=C(CC1Sc2cc(C(=O)O)ccc2NC1=O)Nc1ccc2c(c1)OCCO2. The molecule has 2 heterocycles. The number of hydrogen-bond donors (Lipinski definition) is 3. The van der Waals surface area contributed by atoms with Crippen LogP contribution in [0.4, 0.5) is 11.4 Å². The summed E-state index contributed by atoms with van der Waals surface area (Å²) in [5.41, 5.74) is 1.22. The predicted molar refractivity (Wildman–Crippen MR) is 102 cm³/mol.